The highest BCUT2D eigenvalue weighted by Crippen LogP contribution is 1.89. The molecule has 0 amide bonds. The first kappa shape index (κ1) is 10.8. The highest BCUT2D eigenvalue weighted by Gasteiger charge is 2.07. The topological polar surface area (TPSA) is 62.4 Å². The standard InChI is InChI=1S/C7H15N3O2/c1-4-12-7(11)6(5-8-2)10-9-3/h5,8-10H,4H2,1-3H3/b6-5-. The number of carbonyl (C=O) groups excluding carboxylic acids is 1. The van der Waals surface area contributed by atoms with Gasteiger partial charge < -0.3 is 15.5 Å². The predicted molar refractivity (Wildman–Crippen MR) is 46.0 cm³/mol. The number of hydrazine groups is 1. The lowest BCUT2D eigenvalue weighted by atomic mass is 10.5. The number of ether oxygens (including phenoxy) is 1. The summed E-state index contributed by atoms with van der Waals surface area (Å²) in [6.07, 6.45) is 1.52. The second-order valence-electron chi connectivity index (χ2n) is 1.94. The Morgan fingerprint density at radius 1 is 1.50 bits per heavy atom. The van der Waals surface area contributed by atoms with Crippen LogP contribution in [-0.2, 0) is 9.53 Å². The van der Waals surface area contributed by atoms with E-state index in [0.29, 0.717) is 12.3 Å². The Morgan fingerprint density at radius 2 is 2.17 bits per heavy atom. The molecule has 0 aromatic heterocycles. The first-order valence-corrected chi connectivity index (χ1v) is 3.73. The van der Waals surface area contributed by atoms with Crippen LogP contribution in [0.2, 0.25) is 0 Å². The largest absolute Gasteiger partial charge is 0.461 e. The molecule has 0 atom stereocenters. The molecule has 5 nitrogen and oxygen atoms in total. The molecule has 0 aromatic carbocycles. The van der Waals surface area contributed by atoms with Gasteiger partial charge in [0.25, 0.3) is 0 Å². The molecule has 0 spiro atoms. The molecule has 12 heavy (non-hydrogen) atoms. The second-order valence-corrected chi connectivity index (χ2v) is 1.94. The van der Waals surface area contributed by atoms with Gasteiger partial charge >= 0.3 is 5.97 Å². The lowest BCUT2D eigenvalue weighted by Crippen LogP contribution is -2.32. The van der Waals surface area contributed by atoms with Crippen LogP contribution < -0.4 is 16.2 Å². The Hall–Kier alpha value is -1.23. The number of hydrogen-bond acceptors (Lipinski definition) is 5. The molecular weight excluding hydrogens is 158 g/mol. The molecule has 0 aliphatic heterocycles. The van der Waals surface area contributed by atoms with E-state index in [1.807, 2.05) is 0 Å². The first-order chi connectivity index (χ1) is 5.76. The minimum absolute atomic E-state index is 0.349. The van der Waals surface area contributed by atoms with Crippen molar-refractivity contribution in [3.8, 4) is 0 Å². The van der Waals surface area contributed by atoms with E-state index in [1.165, 1.54) is 6.20 Å². The summed E-state index contributed by atoms with van der Waals surface area (Å²) in [7, 11) is 3.37. The quantitative estimate of drug-likeness (QED) is 0.292. The first-order valence-electron chi connectivity index (χ1n) is 3.73. The van der Waals surface area contributed by atoms with Gasteiger partial charge in [-0.2, -0.15) is 0 Å². The van der Waals surface area contributed by atoms with E-state index in [-0.39, 0.29) is 5.97 Å². The SMILES string of the molecule is CCOC(=O)/C(=C/NC)NNC. The summed E-state index contributed by atoms with van der Waals surface area (Å²) in [6, 6.07) is 0. The van der Waals surface area contributed by atoms with E-state index < -0.39 is 0 Å². The van der Waals surface area contributed by atoms with Gasteiger partial charge in [-0.05, 0) is 6.92 Å². The van der Waals surface area contributed by atoms with Gasteiger partial charge in [-0.1, -0.05) is 0 Å². The summed E-state index contributed by atoms with van der Waals surface area (Å²) in [6.45, 7) is 2.12. The third-order valence-electron chi connectivity index (χ3n) is 1.04. The van der Waals surface area contributed by atoms with E-state index in [4.69, 9.17) is 4.74 Å². The summed E-state index contributed by atoms with van der Waals surface area (Å²) in [5.74, 6) is -0.388. The van der Waals surface area contributed by atoms with Crippen LogP contribution in [0, 0.1) is 0 Å². The Morgan fingerprint density at radius 3 is 2.58 bits per heavy atom. The summed E-state index contributed by atoms with van der Waals surface area (Å²) in [5, 5.41) is 2.73. The van der Waals surface area contributed by atoms with Crippen molar-refractivity contribution in [2.45, 2.75) is 6.92 Å². The van der Waals surface area contributed by atoms with E-state index in [0.717, 1.165) is 0 Å². The summed E-state index contributed by atoms with van der Waals surface area (Å²) in [5.41, 5.74) is 5.62. The fourth-order valence-electron chi connectivity index (χ4n) is 0.634. The van der Waals surface area contributed by atoms with Crippen molar-refractivity contribution in [2.75, 3.05) is 20.7 Å². The average molecular weight is 173 g/mol. The second kappa shape index (κ2) is 6.48. The molecule has 0 saturated carbocycles. The van der Waals surface area contributed by atoms with Crippen molar-refractivity contribution in [1.82, 2.24) is 16.2 Å². The highest BCUT2D eigenvalue weighted by atomic mass is 16.5. The van der Waals surface area contributed by atoms with E-state index in [9.17, 15) is 4.79 Å². The van der Waals surface area contributed by atoms with Crippen molar-refractivity contribution in [1.29, 1.82) is 0 Å². The van der Waals surface area contributed by atoms with Crippen molar-refractivity contribution in [2.24, 2.45) is 0 Å². The van der Waals surface area contributed by atoms with Crippen LogP contribution in [0.1, 0.15) is 6.92 Å². The van der Waals surface area contributed by atoms with Gasteiger partial charge in [-0.15, -0.1) is 0 Å². The Kier molecular flexibility index (Phi) is 5.81. The van der Waals surface area contributed by atoms with Gasteiger partial charge in [0.05, 0.1) is 6.61 Å². The molecule has 70 valence electrons. The van der Waals surface area contributed by atoms with Crippen LogP contribution in [0.5, 0.6) is 0 Å². The molecule has 0 bridgehead atoms. The van der Waals surface area contributed by atoms with Crippen molar-refractivity contribution < 1.29 is 9.53 Å². The Labute approximate surface area is 72.1 Å². The molecule has 0 unspecified atom stereocenters. The number of esters is 1. The lowest BCUT2D eigenvalue weighted by molar-refractivity contribution is -0.139. The molecule has 0 aromatic rings. The third-order valence-corrected chi connectivity index (χ3v) is 1.04. The van der Waals surface area contributed by atoms with Crippen LogP contribution in [0.3, 0.4) is 0 Å². The van der Waals surface area contributed by atoms with Crippen LogP contribution in [0.4, 0.5) is 0 Å². The molecule has 5 heteroatoms. The Bertz CT molecular complexity index is 168. The molecule has 0 saturated heterocycles. The minimum Gasteiger partial charge on any atom is -0.461 e. The monoisotopic (exact) mass is 173 g/mol. The van der Waals surface area contributed by atoms with Crippen molar-refractivity contribution >= 4 is 5.97 Å². The zero-order chi connectivity index (χ0) is 9.40. The molecule has 0 radical (unpaired) electrons. The molecule has 0 aliphatic carbocycles. The zero-order valence-corrected chi connectivity index (χ0v) is 7.60. The third kappa shape index (κ3) is 3.82. The maximum Gasteiger partial charge on any atom is 0.357 e. The van der Waals surface area contributed by atoms with Crippen molar-refractivity contribution in [3.05, 3.63) is 11.9 Å². The van der Waals surface area contributed by atoms with Crippen LogP contribution in [-0.4, -0.2) is 26.7 Å². The number of hydrogen-bond donors (Lipinski definition) is 3. The average Bonchev–Trinajstić information content (AvgIpc) is 2.04. The normalized spacial score (nSPS) is 10.8. The molecule has 0 rings (SSSR count). The van der Waals surface area contributed by atoms with E-state index in [2.05, 4.69) is 16.2 Å². The van der Waals surface area contributed by atoms with Gasteiger partial charge in [0, 0.05) is 20.3 Å². The predicted octanol–water partition coefficient (Wildman–Crippen LogP) is -0.666. The van der Waals surface area contributed by atoms with Crippen LogP contribution >= 0.6 is 0 Å². The maximum atomic E-state index is 11.1. The van der Waals surface area contributed by atoms with Gasteiger partial charge in [0.15, 0.2) is 5.70 Å². The minimum atomic E-state index is -0.388. The molecule has 0 aliphatic rings. The highest BCUT2D eigenvalue weighted by molar-refractivity contribution is 5.87. The summed E-state index contributed by atoms with van der Waals surface area (Å²) >= 11 is 0. The fraction of sp³-hybridized carbons (Fsp3) is 0.571. The number of nitrogens with one attached hydrogen (secondary N) is 3. The fourth-order valence-corrected chi connectivity index (χ4v) is 0.634. The van der Waals surface area contributed by atoms with Gasteiger partial charge in [-0.25, -0.2) is 10.2 Å². The number of carbonyl (C=O) groups is 1. The van der Waals surface area contributed by atoms with E-state index >= 15 is 0 Å². The van der Waals surface area contributed by atoms with E-state index in [1.54, 1.807) is 21.0 Å². The molecule has 0 heterocycles. The Balaban J connectivity index is 4.09. The van der Waals surface area contributed by atoms with Crippen molar-refractivity contribution in [3.63, 3.8) is 0 Å². The summed E-state index contributed by atoms with van der Waals surface area (Å²) < 4.78 is 4.76. The molecular formula is C7H15N3O2. The van der Waals surface area contributed by atoms with Gasteiger partial charge in [-0.3, -0.25) is 0 Å². The number of rotatable bonds is 5. The summed E-state index contributed by atoms with van der Waals surface area (Å²) in [4.78, 5) is 11.1. The van der Waals surface area contributed by atoms with Gasteiger partial charge in [0.2, 0.25) is 0 Å². The van der Waals surface area contributed by atoms with Gasteiger partial charge in [0.1, 0.15) is 0 Å². The van der Waals surface area contributed by atoms with Crippen LogP contribution in [0.15, 0.2) is 11.9 Å². The maximum absolute atomic E-state index is 11.1. The smallest absolute Gasteiger partial charge is 0.357 e. The zero-order valence-electron chi connectivity index (χ0n) is 7.60. The van der Waals surface area contributed by atoms with Crippen LogP contribution in [0.25, 0.3) is 0 Å². The lowest BCUT2D eigenvalue weighted by Gasteiger charge is -2.07. The molecule has 3 N–H and O–H groups in total. The molecule has 0 fully saturated rings.